The Morgan fingerprint density at radius 2 is 1.86 bits per heavy atom. The quantitative estimate of drug-likeness (QED) is 0.479. The minimum atomic E-state index is 0.534. The molecule has 8 nitrogen and oxygen atoms in total. The Kier molecular flexibility index (Phi) is 3.13. The highest BCUT2D eigenvalue weighted by Crippen LogP contribution is 2.31. The largest absolute Gasteiger partial charge is 0.486 e. The molecule has 8 heteroatoms. The van der Waals surface area contributed by atoms with E-state index in [0.717, 1.165) is 27.9 Å². The number of hydrogen-bond acceptors (Lipinski definition) is 5. The van der Waals surface area contributed by atoms with Crippen LogP contribution in [0.4, 0.5) is 0 Å². The van der Waals surface area contributed by atoms with Crippen LogP contribution in [0.3, 0.4) is 0 Å². The minimum Gasteiger partial charge on any atom is -0.486 e. The van der Waals surface area contributed by atoms with Crippen LogP contribution in [0, 0.1) is 0 Å². The van der Waals surface area contributed by atoms with Gasteiger partial charge in [-0.2, -0.15) is 4.52 Å². The van der Waals surface area contributed by atoms with E-state index < -0.39 is 0 Å². The van der Waals surface area contributed by atoms with Gasteiger partial charge in [-0.25, -0.2) is 10.1 Å². The highest BCUT2D eigenvalue weighted by atomic mass is 16.6. The molecule has 0 aliphatic carbocycles. The Bertz CT molecular complexity index is 1310. The maximum atomic E-state index is 5.95. The second kappa shape index (κ2) is 5.78. The van der Waals surface area contributed by atoms with Crippen LogP contribution in [0.1, 0.15) is 0 Å². The molecule has 136 valence electrons. The molecule has 6 rings (SSSR count). The van der Waals surface area contributed by atoms with E-state index >= 15 is 0 Å². The molecule has 1 aromatic carbocycles. The fourth-order valence-electron chi connectivity index (χ4n) is 3.31. The van der Waals surface area contributed by atoms with Gasteiger partial charge in [-0.15, -0.1) is 4.68 Å². The smallest absolute Gasteiger partial charge is 0.414 e. The van der Waals surface area contributed by atoms with E-state index in [1.165, 1.54) is 0 Å². The lowest BCUT2D eigenvalue weighted by Gasteiger charge is -2.17. The summed E-state index contributed by atoms with van der Waals surface area (Å²) in [6.45, 7) is 1.11. The molecule has 5 aromatic rings. The number of rotatable bonds is 2. The molecular weight excluding hydrogens is 358 g/mol. The third-order valence-corrected chi connectivity index (χ3v) is 4.68. The fourth-order valence-corrected chi connectivity index (χ4v) is 3.31. The molecule has 0 fully saturated rings. The van der Waals surface area contributed by atoms with Crippen molar-refractivity contribution < 1.29 is 23.4 Å². The van der Waals surface area contributed by atoms with Crippen molar-refractivity contribution in [2.45, 2.75) is 0 Å². The van der Waals surface area contributed by atoms with Gasteiger partial charge in [0.2, 0.25) is 6.20 Å². The Morgan fingerprint density at radius 1 is 0.929 bits per heavy atom. The number of pyridine rings is 2. The number of benzene rings is 1. The summed E-state index contributed by atoms with van der Waals surface area (Å²) in [4.78, 5) is 8.95. The fraction of sp³-hybridized carbons (Fsp3) is 0.100. The topological polar surface area (TPSA) is 80.9 Å². The van der Waals surface area contributed by atoms with Crippen LogP contribution >= 0.6 is 0 Å². The Balaban J connectivity index is 1.41. The predicted molar refractivity (Wildman–Crippen MR) is 97.7 cm³/mol. The number of hydrogen-bond donors (Lipinski definition) is 1. The normalized spacial score (nSPS) is 13.3. The molecule has 0 amide bonds. The molecule has 1 aliphatic rings. The van der Waals surface area contributed by atoms with Crippen molar-refractivity contribution in [1.29, 1.82) is 0 Å². The lowest BCUT2D eigenvalue weighted by Crippen LogP contribution is -2.32. The zero-order valence-electron chi connectivity index (χ0n) is 14.7. The lowest BCUT2D eigenvalue weighted by atomic mass is 10.2. The van der Waals surface area contributed by atoms with Gasteiger partial charge >= 0.3 is 11.5 Å². The number of H-pyrrole nitrogens is 1. The van der Waals surface area contributed by atoms with Crippen LogP contribution in [0.25, 0.3) is 33.6 Å². The average Bonchev–Trinajstić information content (AvgIpc) is 3.37. The molecule has 0 unspecified atom stereocenters. The molecule has 0 bridgehead atoms. The van der Waals surface area contributed by atoms with Gasteiger partial charge in [0.1, 0.15) is 24.8 Å². The first kappa shape index (κ1) is 15.2. The second-order valence-electron chi connectivity index (χ2n) is 6.49. The Hall–Kier alpha value is -3.94. The van der Waals surface area contributed by atoms with Crippen molar-refractivity contribution in [3.63, 3.8) is 0 Å². The molecule has 0 saturated carbocycles. The standard InChI is InChI=1S/C20H14N5O3/c1-2-13-11-24(23-19(13)21-7-1)18-6-3-14-12-25(28-20(14)22-18)15-4-5-16-17(10-15)27-9-8-26-16/h1-7,10-12H,8-9H2/q+1/p+1. The van der Waals surface area contributed by atoms with Crippen LogP contribution in [0.15, 0.2) is 65.6 Å². The van der Waals surface area contributed by atoms with Gasteiger partial charge < -0.3 is 9.47 Å². The number of nitrogens with one attached hydrogen (secondary N) is 1. The molecule has 1 N–H and O–H groups in total. The third kappa shape index (κ3) is 2.38. The molecule has 5 heterocycles. The molecule has 1 aliphatic heterocycles. The van der Waals surface area contributed by atoms with Gasteiger partial charge in [0.15, 0.2) is 17.1 Å². The zero-order chi connectivity index (χ0) is 18.5. The maximum absolute atomic E-state index is 5.95. The Morgan fingerprint density at radius 3 is 2.79 bits per heavy atom. The van der Waals surface area contributed by atoms with E-state index in [0.29, 0.717) is 30.5 Å². The van der Waals surface area contributed by atoms with Crippen molar-refractivity contribution in [2.75, 3.05) is 13.2 Å². The molecule has 28 heavy (non-hydrogen) atoms. The van der Waals surface area contributed by atoms with Gasteiger partial charge in [0.25, 0.3) is 5.69 Å². The summed E-state index contributed by atoms with van der Waals surface area (Å²) in [5, 5.41) is 5.12. The molecule has 0 radical (unpaired) electrons. The van der Waals surface area contributed by atoms with Gasteiger partial charge in [0, 0.05) is 28.1 Å². The van der Waals surface area contributed by atoms with Gasteiger partial charge in [-0.05, 0) is 24.3 Å². The Labute approximate surface area is 158 Å². The van der Waals surface area contributed by atoms with Crippen molar-refractivity contribution >= 4 is 22.1 Å². The van der Waals surface area contributed by atoms with Crippen molar-refractivity contribution in [3.05, 3.63) is 61.1 Å². The van der Waals surface area contributed by atoms with E-state index in [-0.39, 0.29) is 0 Å². The number of ether oxygens (including phenoxy) is 2. The van der Waals surface area contributed by atoms with E-state index in [4.69, 9.17) is 14.0 Å². The van der Waals surface area contributed by atoms with Crippen LogP contribution in [0.2, 0.25) is 0 Å². The summed E-state index contributed by atoms with van der Waals surface area (Å²) in [6.07, 6.45) is 5.60. The summed E-state index contributed by atoms with van der Waals surface area (Å²) in [5.41, 5.74) is 2.17. The van der Waals surface area contributed by atoms with E-state index in [9.17, 15) is 0 Å². The number of nitrogens with zero attached hydrogens (tertiary/aromatic N) is 4. The van der Waals surface area contributed by atoms with Crippen molar-refractivity contribution in [1.82, 2.24) is 15.1 Å². The first-order chi connectivity index (χ1) is 13.8. The molecule has 0 saturated heterocycles. The van der Waals surface area contributed by atoms with E-state index in [1.54, 1.807) is 10.9 Å². The van der Waals surface area contributed by atoms with Gasteiger partial charge in [-0.3, -0.25) is 0 Å². The number of aromatic amines is 1. The number of fused-ring (bicyclic) bond motifs is 3. The monoisotopic (exact) mass is 373 g/mol. The molecule has 0 atom stereocenters. The van der Waals surface area contributed by atoms with Crippen molar-refractivity contribution in [3.8, 4) is 23.0 Å². The lowest BCUT2D eigenvalue weighted by molar-refractivity contribution is -0.780. The second-order valence-corrected chi connectivity index (χ2v) is 6.49. The highest BCUT2D eigenvalue weighted by molar-refractivity contribution is 5.73. The zero-order valence-corrected chi connectivity index (χ0v) is 14.7. The molecular formula is C20H15N5O3+2. The predicted octanol–water partition coefficient (Wildman–Crippen LogP) is 2.03. The molecule has 0 spiro atoms. The minimum absolute atomic E-state index is 0.534. The number of aromatic nitrogens is 5. The maximum Gasteiger partial charge on any atom is 0.414 e. The average molecular weight is 373 g/mol. The SMILES string of the molecule is c1cnc2[nH][n+](-c3ccc4c[n+](-c5ccc6c(c5)OCCO6)oc4n3)cc2c1. The van der Waals surface area contributed by atoms with Gasteiger partial charge in [0.05, 0.1) is 11.5 Å². The van der Waals surface area contributed by atoms with Crippen LogP contribution < -0.4 is 18.9 Å². The summed E-state index contributed by atoms with van der Waals surface area (Å²) < 4.78 is 20.7. The van der Waals surface area contributed by atoms with E-state index in [1.807, 2.05) is 59.5 Å². The van der Waals surface area contributed by atoms with Gasteiger partial charge in [-0.1, -0.05) is 0 Å². The van der Waals surface area contributed by atoms with Crippen molar-refractivity contribution in [2.24, 2.45) is 0 Å². The summed E-state index contributed by atoms with van der Waals surface area (Å²) in [7, 11) is 0. The highest BCUT2D eigenvalue weighted by Gasteiger charge is 2.24. The first-order valence-electron chi connectivity index (χ1n) is 8.92. The van der Waals surface area contributed by atoms with Crippen LogP contribution in [-0.4, -0.2) is 28.3 Å². The third-order valence-electron chi connectivity index (χ3n) is 4.68. The summed E-state index contributed by atoms with van der Waals surface area (Å²) in [5.74, 6) is 2.18. The first-order valence-corrected chi connectivity index (χ1v) is 8.92. The van der Waals surface area contributed by atoms with Crippen LogP contribution in [-0.2, 0) is 0 Å². The van der Waals surface area contributed by atoms with E-state index in [2.05, 4.69) is 15.1 Å². The molecule has 4 aromatic heterocycles. The summed E-state index contributed by atoms with van der Waals surface area (Å²) in [6, 6.07) is 13.5. The summed E-state index contributed by atoms with van der Waals surface area (Å²) >= 11 is 0. The van der Waals surface area contributed by atoms with Crippen LogP contribution in [0.5, 0.6) is 11.5 Å².